The van der Waals surface area contributed by atoms with E-state index in [1.807, 2.05) is 66.7 Å². The minimum atomic E-state index is -1.00. The molecule has 0 radical (unpaired) electrons. The van der Waals surface area contributed by atoms with Crippen LogP contribution < -0.4 is 16.0 Å². The Morgan fingerprint density at radius 1 is 0.863 bits per heavy atom. The molecule has 51 heavy (non-hydrogen) atoms. The average molecular weight is 696 g/mol. The molecule has 0 saturated heterocycles. The molecule has 0 spiro atoms. The van der Waals surface area contributed by atoms with E-state index in [4.69, 9.17) is 9.47 Å². The number of hydrogen-bond acceptors (Lipinski definition) is 7. The number of allylic oxidation sites excluding steroid dienone is 2. The fourth-order valence-corrected chi connectivity index (χ4v) is 6.19. The Morgan fingerprint density at radius 3 is 2.10 bits per heavy atom. The number of fused-ring (bicyclic) bond motifs is 3. The third-order valence-electron chi connectivity index (χ3n) is 8.78. The molecule has 3 aromatic carbocycles. The summed E-state index contributed by atoms with van der Waals surface area (Å²) in [4.78, 5) is 52.4. The summed E-state index contributed by atoms with van der Waals surface area (Å²) in [6, 6.07) is 24.0. The van der Waals surface area contributed by atoms with Crippen molar-refractivity contribution < 1.29 is 33.8 Å². The lowest BCUT2D eigenvalue weighted by atomic mass is 9.97. The fraction of sp³-hybridized carbons (Fsp3) is 0.366. The minimum absolute atomic E-state index is 0.0970. The molecule has 0 aromatic heterocycles. The summed E-state index contributed by atoms with van der Waals surface area (Å²) in [5.41, 5.74) is 4.33. The van der Waals surface area contributed by atoms with E-state index in [2.05, 4.69) is 41.2 Å². The smallest absolute Gasteiger partial charge is 0.407 e. The van der Waals surface area contributed by atoms with Gasteiger partial charge in [-0.3, -0.25) is 9.59 Å². The number of amides is 3. The van der Waals surface area contributed by atoms with Gasteiger partial charge in [-0.15, -0.1) is 13.2 Å². The summed E-state index contributed by atoms with van der Waals surface area (Å²) >= 11 is 0. The lowest BCUT2D eigenvalue weighted by Crippen LogP contribution is -2.51. The average Bonchev–Trinajstić information content (AvgIpc) is 3.44. The molecule has 0 saturated carbocycles. The number of esters is 1. The number of ether oxygens (including phenoxy) is 2. The van der Waals surface area contributed by atoms with E-state index >= 15 is 0 Å². The second-order valence-corrected chi connectivity index (χ2v) is 13.4. The highest BCUT2D eigenvalue weighted by atomic mass is 16.6. The Bertz CT molecular complexity index is 1630. The summed E-state index contributed by atoms with van der Waals surface area (Å²) in [5.74, 6) is -2.32. The molecule has 3 amide bonds. The molecule has 0 unspecified atom stereocenters. The van der Waals surface area contributed by atoms with Gasteiger partial charge in [-0.2, -0.15) is 0 Å². The van der Waals surface area contributed by atoms with E-state index in [1.54, 1.807) is 26.0 Å². The normalized spacial score (nSPS) is 13.8. The van der Waals surface area contributed by atoms with Crippen LogP contribution in [-0.2, 0) is 30.3 Å². The molecule has 10 heteroatoms. The zero-order valence-corrected chi connectivity index (χ0v) is 29.4. The zero-order valence-electron chi connectivity index (χ0n) is 29.4. The largest absolute Gasteiger partial charge is 0.462 e. The lowest BCUT2D eigenvalue weighted by molar-refractivity contribution is -0.149. The van der Waals surface area contributed by atoms with Crippen LogP contribution in [0.2, 0.25) is 0 Å². The highest BCUT2D eigenvalue weighted by Crippen LogP contribution is 2.44. The number of carbonyl (C=O) groups is 4. The number of carbonyl (C=O) groups excluding carboxylic acids is 4. The molecule has 0 aliphatic heterocycles. The van der Waals surface area contributed by atoms with Crippen LogP contribution in [0.25, 0.3) is 11.1 Å². The van der Waals surface area contributed by atoms with Crippen molar-refractivity contribution in [3.63, 3.8) is 0 Å². The van der Waals surface area contributed by atoms with Gasteiger partial charge in [0, 0.05) is 12.3 Å². The van der Waals surface area contributed by atoms with Gasteiger partial charge in [0.1, 0.15) is 19.3 Å². The van der Waals surface area contributed by atoms with Gasteiger partial charge in [0.15, 0.2) is 0 Å². The molecular formula is C41H49N3O7. The maximum absolute atomic E-state index is 13.3. The Morgan fingerprint density at radius 2 is 1.49 bits per heavy atom. The van der Waals surface area contributed by atoms with Crippen LogP contribution in [0.5, 0.6) is 0 Å². The number of nitrogens with one attached hydrogen (secondary N) is 3. The topological polar surface area (TPSA) is 143 Å². The number of benzene rings is 3. The maximum atomic E-state index is 13.3. The molecule has 0 heterocycles. The molecule has 270 valence electrons. The van der Waals surface area contributed by atoms with Crippen molar-refractivity contribution in [3.05, 3.63) is 121 Å². The van der Waals surface area contributed by atoms with Crippen molar-refractivity contribution in [1.82, 2.24) is 16.0 Å². The fourth-order valence-electron chi connectivity index (χ4n) is 6.19. The summed E-state index contributed by atoms with van der Waals surface area (Å²) in [6.07, 6.45) is 3.73. The van der Waals surface area contributed by atoms with E-state index in [1.165, 1.54) is 0 Å². The predicted molar refractivity (Wildman–Crippen MR) is 197 cm³/mol. The van der Waals surface area contributed by atoms with Crippen LogP contribution in [0.4, 0.5) is 4.79 Å². The maximum Gasteiger partial charge on any atom is 0.407 e. The monoisotopic (exact) mass is 695 g/mol. The van der Waals surface area contributed by atoms with Gasteiger partial charge in [-0.1, -0.05) is 91.0 Å². The third-order valence-corrected chi connectivity index (χ3v) is 8.78. The third kappa shape index (κ3) is 11.1. The molecule has 1 aliphatic rings. The van der Waals surface area contributed by atoms with Crippen LogP contribution in [0.1, 0.15) is 62.1 Å². The Hall–Kier alpha value is -5.22. The number of aliphatic hydroxyl groups excluding tert-OH is 1. The first-order chi connectivity index (χ1) is 24.5. The molecule has 1 aliphatic carbocycles. The number of rotatable bonds is 19. The molecule has 3 aromatic rings. The van der Waals surface area contributed by atoms with Crippen molar-refractivity contribution in [2.75, 3.05) is 19.8 Å². The predicted octanol–water partition coefficient (Wildman–Crippen LogP) is 5.60. The first-order valence-corrected chi connectivity index (χ1v) is 17.3. The first kappa shape index (κ1) is 38.6. The van der Waals surface area contributed by atoms with E-state index < -0.39 is 41.5 Å². The van der Waals surface area contributed by atoms with Gasteiger partial charge in [-0.05, 0) is 67.3 Å². The molecule has 0 bridgehead atoms. The van der Waals surface area contributed by atoms with Gasteiger partial charge in [0.05, 0.1) is 24.1 Å². The molecular weight excluding hydrogens is 646 g/mol. The van der Waals surface area contributed by atoms with Crippen LogP contribution in [-0.4, -0.2) is 66.4 Å². The zero-order chi connectivity index (χ0) is 36.8. The van der Waals surface area contributed by atoms with Crippen molar-refractivity contribution in [2.24, 2.45) is 5.92 Å². The van der Waals surface area contributed by atoms with Crippen LogP contribution in [0.15, 0.2) is 104 Å². The summed E-state index contributed by atoms with van der Waals surface area (Å²) in [5, 5.41) is 18.2. The number of alkyl carbamates (subject to hydrolysis) is 1. The summed E-state index contributed by atoms with van der Waals surface area (Å²) < 4.78 is 11.2. The minimum Gasteiger partial charge on any atom is -0.462 e. The van der Waals surface area contributed by atoms with Crippen molar-refractivity contribution >= 4 is 23.9 Å². The summed E-state index contributed by atoms with van der Waals surface area (Å²) in [6.45, 7) is 10.5. The van der Waals surface area contributed by atoms with E-state index in [-0.39, 0.29) is 50.9 Å². The first-order valence-electron chi connectivity index (χ1n) is 17.3. The van der Waals surface area contributed by atoms with Crippen LogP contribution in [0.3, 0.4) is 0 Å². The quantitative estimate of drug-likeness (QED) is 0.0945. The number of hydrogen-bond donors (Lipinski definition) is 4. The Kier molecular flexibility index (Phi) is 14.1. The van der Waals surface area contributed by atoms with Gasteiger partial charge < -0.3 is 30.5 Å². The second-order valence-electron chi connectivity index (χ2n) is 13.4. The van der Waals surface area contributed by atoms with E-state index in [0.717, 1.165) is 27.8 Å². The molecule has 10 nitrogen and oxygen atoms in total. The Labute approximate surface area is 300 Å². The lowest BCUT2D eigenvalue weighted by Gasteiger charge is -2.29. The van der Waals surface area contributed by atoms with Gasteiger partial charge in [-0.25, -0.2) is 9.59 Å². The number of aliphatic hydroxyl groups is 1. The highest BCUT2D eigenvalue weighted by molar-refractivity contribution is 5.86. The molecule has 0 fully saturated rings. The SMILES string of the molecule is C=CCC[C@H](NC(=O)OCC1c2ccccc2-c2ccccc21)C(=O)OCC(C)(C)NC(=O)[C@@H](CC=C)CC(=O)N[C@@H](CO)Cc1ccccc1. The van der Waals surface area contributed by atoms with Crippen molar-refractivity contribution in [1.29, 1.82) is 0 Å². The van der Waals surface area contributed by atoms with E-state index in [9.17, 15) is 24.3 Å². The second kappa shape index (κ2) is 18.7. The van der Waals surface area contributed by atoms with Crippen LogP contribution >= 0.6 is 0 Å². The van der Waals surface area contributed by atoms with Crippen molar-refractivity contribution in [2.45, 2.75) is 69.5 Å². The molecule has 3 atom stereocenters. The summed E-state index contributed by atoms with van der Waals surface area (Å²) in [7, 11) is 0. The molecule has 4 N–H and O–H groups in total. The highest BCUT2D eigenvalue weighted by Gasteiger charge is 2.32. The van der Waals surface area contributed by atoms with Crippen LogP contribution in [0, 0.1) is 5.92 Å². The van der Waals surface area contributed by atoms with Crippen molar-refractivity contribution in [3.8, 4) is 11.1 Å². The Balaban J connectivity index is 1.29. The van der Waals surface area contributed by atoms with E-state index in [0.29, 0.717) is 12.8 Å². The van der Waals surface area contributed by atoms with Gasteiger partial charge in [0.2, 0.25) is 11.8 Å². The molecule has 4 rings (SSSR count). The van der Waals surface area contributed by atoms with Gasteiger partial charge in [0.25, 0.3) is 0 Å². The standard InChI is InChI=1S/C41H49N3O7/c1-5-7-22-36(43-40(49)50-26-35-33-20-13-11-18-31(33)32-19-12-14-21-34(32)35)39(48)51-27-41(3,4)44-38(47)29(15-6-2)24-37(46)42-30(25-45)23-28-16-9-8-10-17-28/h5-6,8-14,16-21,29-30,35-36,45H,1-2,7,15,22-27H2,3-4H3,(H,42,46)(H,43,49)(H,44,47)/t29-,30+,36-/m0/s1. The van der Waals surface area contributed by atoms with Gasteiger partial charge >= 0.3 is 12.1 Å².